The molecule has 0 aromatic heterocycles. The molecule has 2 saturated heterocycles. The van der Waals surface area contributed by atoms with E-state index in [-0.39, 0.29) is 6.29 Å². The molecule has 2 fully saturated rings. The first kappa shape index (κ1) is 28.3. The van der Waals surface area contributed by atoms with E-state index in [4.69, 9.17) is 18.9 Å². The van der Waals surface area contributed by atoms with E-state index in [2.05, 4.69) is 0 Å². The lowest BCUT2D eigenvalue weighted by atomic mass is 9.97. The average molecular weight is 488 g/mol. The lowest BCUT2D eigenvalue weighted by Crippen LogP contribution is -2.64. The fourth-order valence-electron chi connectivity index (χ4n) is 3.44. The van der Waals surface area contributed by atoms with Gasteiger partial charge in [0, 0.05) is 0 Å². The number of aliphatic hydroxyl groups is 10. The zero-order valence-electron chi connectivity index (χ0n) is 17.6. The minimum Gasteiger partial charge on any atom is -0.394 e. The Morgan fingerprint density at radius 3 is 2.03 bits per heavy atom. The van der Waals surface area contributed by atoms with Gasteiger partial charge in [-0.3, -0.25) is 0 Å². The zero-order valence-corrected chi connectivity index (χ0v) is 17.6. The van der Waals surface area contributed by atoms with Gasteiger partial charge < -0.3 is 74.8 Å². The Bertz CT molecular complexity index is 607. The fraction of sp³-hybridized carbons (Fsp3) is 0.944. The molecule has 10 N–H and O–H groups in total. The van der Waals surface area contributed by atoms with Gasteiger partial charge in [0.15, 0.2) is 18.9 Å². The SMILES string of the molecule is C[C@@H]1O[C@@H](O[C@H]2[C@H](O)[C@@H](O)[C@H](OC[C@@H](O)[C@H](O)[C@H](O)[C@@H](O)C=O)O[C@@H]2CO)[C@H](O)[C@H](O)[C@H]1O. The fourth-order valence-corrected chi connectivity index (χ4v) is 3.44. The first-order valence-electron chi connectivity index (χ1n) is 10.2. The molecule has 0 aliphatic carbocycles. The summed E-state index contributed by atoms with van der Waals surface area (Å²) in [7, 11) is 0. The molecular weight excluding hydrogens is 456 g/mol. The van der Waals surface area contributed by atoms with E-state index in [1.165, 1.54) is 6.92 Å². The third-order valence-electron chi connectivity index (χ3n) is 5.59. The topological polar surface area (TPSA) is 256 Å². The van der Waals surface area contributed by atoms with Crippen LogP contribution in [0.2, 0.25) is 0 Å². The molecule has 15 heteroatoms. The normalized spacial score (nSPS) is 43.5. The van der Waals surface area contributed by atoms with Crippen molar-refractivity contribution in [2.45, 2.75) is 92.8 Å². The third-order valence-corrected chi connectivity index (χ3v) is 5.59. The van der Waals surface area contributed by atoms with Crippen molar-refractivity contribution in [3.05, 3.63) is 0 Å². The molecule has 0 radical (unpaired) electrons. The van der Waals surface area contributed by atoms with Crippen molar-refractivity contribution < 1.29 is 74.8 Å². The minimum atomic E-state index is -2.02. The maximum Gasteiger partial charge on any atom is 0.187 e. The molecule has 194 valence electrons. The smallest absolute Gasteiger partial charge is 0.187 e. The van der Waals surface area contributed by atoms with Crippen molar-refractivity contribution in [1.29, 1.82) is 0 Å². The minimum absolute atomic E-state index is 0.0504. The van der Waals surface area contributed by atoms with Gasteiger partial charge in [-0.1, -0.05) is 0 Å². The second-order valence-corrected chi connectivity index (χ2v) is 8.00. The van der Waals surface area contributed by atoms with Gasteiger partial charge in [-0.15, -0.1) is 0 Å². The summed E-state index contributed by atoms with van der Waals surface area (Å²) in [4.78, 5) is 10.5. The number of carbonyl (C=O) groups excluding carboxylic acids is 1. The second kappa shape index (κ2) is 12.2. The maximum absolute atomic E-state index is 10.5. The Labute approximate surface area is 187 Å². The zero-order chi connectivity index (χ0) is 25.0. The second-order valence-electron chi connectivity index (χ2n) is 8.00. The van der Waals surface area contributed by atoms with Gasteiger partial charge in [0.1, 0.15) is 67.1 Å². The summed E-state index contributed by atoms with van der Waals surface area (Å²) in [6.07, 6.45) is -23.3. The summed E-state index contributed by atoms with van der Waals surface area (Å²) in [6, 6.07) is 0. The van der Waals surface area contributed by atoms with Crippen LogP contribution < -0.4 is 0 Å². The predicted octanol–water partition coefficient (Wildman–Crippen LogP) is -6.70. The molecule has 14 atom stereocenters. The molecule has 0 unspecified atom stereocenters. The van der Waals surface area contributed by atoms with Gasteiger partial charge in [-0.05, 0) is 6.92 Å². The number of hydrogen-bond donors (Lipinski definition) is 10. The molecule has 15 nitrogen and oxygen atoms in total. The van der Waals surface area contributed by atoms with Crippen LogP contribution in [-0.2, 0) is 23.7 Å². The van der Waals surface area contributed by atoms with Crippen LogP contribution in [0.3, 0.4) is 0 Å². The summed E-state index contributed by atoms with van der Waals surface area (Å²) < 4.78 is 21.1. The largest absolute Gasteiger partial charge is 0.394 e. The molecule has 2 aliphatic rings. The number of carbonyl (C=O) groups is 1. The van der Waals surface area contributed by atoms with Gasteiger partial charge >= 0.3 is 0 Å². The van der Waals surface area contributed by atoms with Crippen LogP contribution in [0.5, 0.6) is 0 Å². The van der Waals surface area contributed by atoms with E-state index < -0.39 is 99.0 Å². The Balaban J connectivity index is 2.00. The molecule has 0 spiro atoms. The van der Waals surface area contributed by atoms with Crippen LogP contribution in [0.4, 0.5) is 0 Å². The molecule has 33 heavy (non-hydrogen) atoms. The van der Waals surface area contributed by atoms with E-state index >= 15 is 0 Å². The maximum atomic E-state index is 10.5. The van der Waals surface area contributed by atoms with Crippen LogP contribution in [0, 0.1) is 0 Å². The molecule has 0 bridgehead atoms. The van der Waals surface area contributed by atoms with Gasteiger partial charge in [0.05, 0.1) is 19.3 Å². The van der Waals surface area contributed by atoms with Crippen molar-refractivity contribution in [2.24, 2.45) is 0 Å². The van der Waals surface area contributed by atoms with Crippen LogP contribution in [0.1, 0.15) is 6.92 Å². The molecule has 0 amide bonds. The summed E-state index contributed by atoms with van der Waals surface area (Å²) in [5.74, 6) is 0. The first-order valence-corrected chi connectivity index (χ1v) is 10.2. The van der Waals surface area contributed by atoms with Crippen molar-refractivity contribution in [3.8, 4) is 0 Å². The highest BCUT2D eigenvalue weighted by atomic mass is 16.7. The monoisotopic (exact) mass is 488 g/mol. The van der Waals surface area contributed by atoms with Crippen LogP contribution >= 0.6 is 0 Å². The van der Waals surface area contributed by atoms with E-state index in [0.717, 1.165) is 0 Å². The van der Waals surface area contributed by atoms with E-state index in [9.17, 15) is 55.9 Å². The first-order chi connectivity index (χ1) is 15.4. The van der Waals surface area contributed by atoms with Crippen LogP contribution in [0.15, 0.2) is 0 Å². The number of hydrogen-bond acceptors (Lipinski definition) is 15. The van der Waals surface area contributed by atoms with Crippen LogP contribution in [-0.4, -0.2) is 156 Å². The van der Waals surface area contributed by atoms with Crippen molar-refractivity contribution in [1.82, 2.24) is 0 Å². The predicted molar refractivity (Wildman–Crippen MR) is 101 cm³/mol. The molecule has 0 aromatic rings. The summed E-state index contributed by atoms with van der Waals surface area (Å²) in [5.41, 5.74) is 0. The Morgan fingerprint density at radius 1 is 0.848 bits per heavy atom. The van der Waals surface area contributed by atoms with E-state index in [1.54, 1.807) is 0 Å². The van der Waals surface area contributed by atoms with Crippen LogP contribution in [0.25, 0.3) is 0 Å². The summed E-state index contributed by atoms with van der Waals surface area (Å²) >= 11 is 0. The lowest BCUT2D eigenvalue weighted by molar-refractivity contribution is -0.358. The van der Waals surface area contributed by atoms with Crippen molar-refractivity contribution >= 4 is 6.29 Å². The van der Waals surface area contributed by atoms with Gasteiger partial charge in [0.2, 0.25) is 0 Å². The number of ether oxygens (including phenoxy) is 4. The number of rotatable bonds is 10. The quantitative estimate of drug-likeness (QED) is 0.128. The Hall–Kier alpha value is -0.890. The number of aldehydes is 1. The van der Waals surface area contributed by atoms with E-state index in [0.29, 0.717) is 0 Å². The Morgan fingerprint density at radius 2 is 1.45 bits per heavy atom. The van der Waals surface area contributed by atoms with Crippen molar-refractivity contribution in [2.75, 3.05) is 13.2 Å². The summed E-state index contributed by atoms with van der Waals surface area (Å²) in [6.45, 7) is -0.155. The summed E-state index contributed by atoms with van der Waals surface area (Å²) in [5, 5.41) is 98.5. The average Bonchev–Trinajstić information content (AvgIpc) is 2.81. The molecule has 2 rings (SSSR count). The molecule has 2 aliphatic heterocycles. The highest BCUT2D eigenvalue weighted by molar-refractivity contribution is 5.56. The Kier molecular flexibility index (Phi) is 10.5. The van der Waals surface area contributed by atoms with E-state index in [1.807, 2.05) is 0 Å². The standard InChI is InChI=1S/C18H32O15/c1-5-9(23)12(26)14(28)18(31-5)33-16-8(3-20)32-17(15(29)13(16)27)30-4-7(22)11(25)10(24)6(21)2-19/h2,5-18,20-29H,3-4H2,1H3/t5-,6-,7+,8+,9-,10+,11-,12+,13+,14+,15+,16+,17+,18-/m0/s1. The highest BCUT2D eigenvalue weighted by Crippen LogP contribution is 2.29. The number of aliphatic hydroxyl groups excluding tert-OH is 10. The molecular formula is C18H32O15. The van der Waals surface area contributed by atoms with Gasteiger partial charge in [-0.2, -0.15) is 0 Å². The highest BCUT2D eigenvalue weighted by Gasteiger charge is 2.50. The lowest BCUT2D eigenvalue weighted by Gasteiger charge is -2.45. The van der Waals surface area contributed by atoms with Crippen molar-refractivity contribution in [3.63, 3.8) is 0 Å². The molecule has 0 aromatic carbocycles. The van der Waals surface area contributed by atoms with Gasteiger partial charge in [0.25, 0.3) is 0 Å². The third kappa shape index (κ3) is 6.41. The molecule has 0 saturated carbocycles. The van der Waals surface area contributed by atoms with Gasteiger partial charge in [-0.25, -0.2) is 0 Å². The molecule has 2 heterocycles.